The molecule has 0 saturated heterocycles. The highest BCUT2D eigenvalue weighted by atomic mass is 16.7. The molecule has 14 heavy (non-hydrogen) atoms. The number of hydrogen-bond acceptors (Lipinski definition) is 3. The molecule has 0 radical (unpaired) electrons. The third-order valence-electron chi connectivity index (χ3n) is 3.51. The molecule has 2 bridgehead atoms. The second kappa shape index (κ2) is 4.41. The lowest BCUT2D eigenvalue weighted by Crippen LogP contribution is -2.40. The standard InChI is InChI=1S/C11H18O3/c1-13-7-14-11-5-3-8-2-4-10(12)9(11)6-8/h8-9,11H,2-7H2,1H3/t8-,9+,11+/m1/s1. The number of rotatable bonds is 3. The fraction of sp³-hybridized carbons (Fsp3) is 0.909. The lowest BCUT2D eigenvalue weighted by atomic mass is 9.70. The minimum absolute atomic E-state index is 0.124. The third-order valence-corrected chi connectivity index (χ3v) is 3.51. The van der Waals surface area contributed by atoms with Crippen molar-refractivity contribution in [3.63, 3.8) is 0 Å². The van der Waals surface area contributed by atoms with Crippen LogP contribution in [0.25, 0.3) is 0 Å². The molecule has 0 aliphatic heterocycles. The number of Topliss-reactive ketones (excluding diaryl/α,β-unsaturated/α-hetero) is 1. The minimum Gasteiger partial charge on any atom is -0.359 e. The first kappa shape index (κ1) is 10.1. The van der Waals surface area contributed by atoms with E-state index in [0.717, 1.165) is 31.6 Å². The Morgan fingerprint density at radius 3 is 3.00 bits per heavy atom. The minimum atomic E-state index is 0.124. The van der Waals surface area contributed by atoms with E-state index < -0.39 is 0 Å². The summed E-state index contributed by atoms with van der Waals surface area (Å²) in [6, 6.07) is 0. The third kappa shape index (κ3) is 1.98. The topological polar surface area (TPSA) is 35.5 Å². The van der Waals surface area contributed by atoms with Gasteiger partial charge in [-0.15, -0.1) is 0 Å². The van der Waals surface area contributed by atoms with Crippen molar-refractivity contribution in [1.82, 2.24) is 0 Å². The van der Waals surface area contributed by atoms with Gasteiger partial charge in [0.05, 0.1) is 6.10 Å². The Morgan fingerprint density at radius 2 is 2.21 bits per heavy atom. The fourth-order valence-electron chi connectivity index (χ4n) is 2.72. The van der Waals surface area contributed by atoms with Gasteiger partial charge in [0.15, 0.2) is 0 Å². The smallest absolute Gasteiger partial charge is 0.146 e. The Bertz CT molecular complexity index is 213. The van der Waals surface area contributed by atoms with Gasteiger partial charge in [0.25, 0.3) is 0 Å². The Balaban J connectivity index is 1.94. The van der Waals surface area contributed by atoms with E-state index in [1.54, 1.807) is 7.11 Å². The van der Waals surface area contributed by atoms with Crippen molar-refractivity contribution in [2.45, 2.75) is 38.2 Å². The first-order valence-electron chi connectivity index (χ1n) is 5.44. The SMILES string of the molecule is COCO[C@H]1CC[C@H]2CCC(=O)[C@@H]1C2. The summed E-state index contributed by atoms with van der Waals surface area (Å²) in [6.07, 6.45) is 5.30. The largest absolute Gasteiger partial charge is 0.359 e. The molecular formula is C11H18O3. The maximum atomic E-state index is 11.7. The number of methoxy groups -OCH3 is 1. The summed E-state index contributed by atoms with van der Waals surface area (Å²) in [5, 5.41) is 0. The summed E-state index contributed by atoms with van der Waals surface area (Å²) in [4.78, 5) is 11.7. The van der Waals surface area contributed by atoms with Crippen molar-refractivity contribution in [3.05, 3.63) is 0 Å². The van der Waals surface area contributed by atoms with E-state index in [0.29, 0.717) is 12.6 Å². The molecule has 2 saturated carbocycles. The van der Waals surface area contributed by atoms with Gasteiger partial charge in [-0.2, -0.15) is 0 Å². The van der Waals surface area contributed by atoms with Crippen molar-refractivity contribution in [1.29, 1.82) is 0 Å². The number of fused-ring (bicyclic) bond motifs is 2. The predicted molar refractivity (Wildman–Crippen MR) is 51.8 cm³/mol. The molecule has 0 aromatic heterocycles. The number of ketones is 1. The maximum Gasteiger partial charge on any atom is 0.146 e. The molecule has 80 valence electrons. The van der Waals surface area contributed by atoms with E-state index in [-0.39, 0.29) is 12.0 Å². The zero-order valence-corrected chi connectivity index (χ0v) is 8.70. The summed E-state index contributed by atoms with van der Waals surface area (Å²) in [5.41, 5.74) is 0. The van der Waals surface area contributed by atoms with Gasteiger partial charge in [-0.3, -0.25) is 4.79 Å². The van der Waals surface area contributed by atoms with Crippen LogP contribution in [0, 0.1) is 11.8 Å². The molecule has 3 atom stereocenters. The van der Waals surface area contributed by atoms with Crippen LogP contribution in [0.3, 0.4) is 0 Å². The van der Waals surface area contributed by atoms with E-state index in [9.17, 15) is 4.79 Å². The Kier molecular flexibility index (Phi) is 3.19. The second-order valence-corrected chi connectivity index (χ2v) is 4.40. The molecule has 2 aliphatic rings. The van der Waals surface area contributed by atoms with Crippen LogP contribution < -0.4 is 0 Å². The molecule has 0 spiro atoms. The zero-order chi connectivity index (χ0) is 9.97. The second-order valence-electron chi connectivity index (χ2n) is 4.40. The lowest BCUT2D eigenvalue weighted by Gasteiger charge is -2.38. The molecule has 2 fully saturated rings. The Hall–Kier alpha value is -0.410. The van der Waals surface area contributed by atoms with Gasteiger partial charge in [0.1, 0.15) is 12.6 Å². The summed E-state index contributed by atoms with van der Waals surface area (Å²) in [5.74, 6) is 1.35. The molecule has 0 N–H and O–H groups in total. The van der Waals surface area contributed by atoms with Gasteiger partial charge in [-0.05, 0) is 31.6 Å². The first-order chi connectivity index (χ1) is 6.81. The van der Waals surface area contributed by atoms with Crippen LogP contribution in [0.1, 0.15) is 32.1 Å². The van der Waals surface area contributed by atoms with Crippen molar-refractivity contribution in [2.24, 2.45) is 11.8 Å². The molecule has 3 nitrogen and oxygen atoms in total. The van der Waals surface area contributed by atoms with Crippen LogP contribution >= 0.6 is 0 Å². The quantitative estimate of drug-likeness (QED) is 0.648. The molecule has 0 unspecified atom stereocenters. The molecule has 0 heterocycles. The Morgan fingerprint density at radius 1 is 1.36 bits per heavy atom. The highest BCUT2D eigenvalue weighted by Gasteiger charge is 2.38. The maximum absolute atomic E-state index is 11.7. The van der Waals surface area contributed by atoms with Gasteiger partial charge in [0.2, 0.25) is 0 Å². The monoisotopic (exact) mass is 198 g/mol. The van der Waals surface area contributed by atoms with E-state index in [4.69, 9.17) is 9.47 Å². The van der Waals surface area contributed by atoms with E-state index in [2.05, 4.69) is 0 Å². The normalized spacial score (nSPS) is 37.2. The molecule has 0 aromatic rings. The summed E-state index contributed by atoms with van der Waals surface area (Å²) < 4.78 is 10.4. The van der Waals surface area contributed by atoms with Crippen LogP contribution in [-0.2, 0) is 14.3 Å². The van der Waals surface area contributed by atoms with Crippen LogP contribution in [0.5, 0.6) is 0 Å². The summed E-state index contributed by atoms with van der Waals surface area (Å²) in [7, 11) is 1.62. The van der Waals surface area contributed by atoms with Crippen LogP contribution in [0.2, 0.25) is 0 Å². The highest BCUT2D eigenvalue weighted by molar-refractivity contribution is 5.82. The first-order valence-corrected chi connectivity index (χ1v) is 5.44. The van der Waals surface area contributed by atoms with Gasteiger partial charge < -0.3 is 9.47 Å². The highest BCUT2D eigenvalue weighted by Crippen LogP contribution is 2.39. The fourth-order valence-corrected chi connectivity index (χ4v) is 2.72. The Labute approximate surface area is 84.8 Å². The van der Waals surface area contributed by atoms with Gasteiger partial charge >= 0.3 is 0 Å². The van der Waals surface area contributed by atoms with Crippen LogP contribution in [0.15, 0.2) is 0 Å². The lowest BCUT2D eigenvalue weighted by molar-refractivity contribution is -0.146. The van der Waals surface area contributed by atoms with Gasteiger partial charge in [0, 0.05) is 19.4 Å². The summed E-state index contributed by atoms with van der Waals surface area (Å²) >= 11 is 0. The predicted octanol–water partition coefficient (Wildman–Crippen LogP) is 1.75. The van der Waals surface area contributed by atoms with Crippen molar-refractivity contribution in [2.75, 3.05) is 13.9 Å². The molecule has 3 heteroatoms. The molecule has 2 aliphatic carbocycles. The van der Waals surface area contributed by atoms with E-state index in [1.807, 2.05) is 0 Å². The number of carbonyl (C=O) groups is 1. The molecule has 0 aromatic carbocycles. The van der Waals surface area contributed by atoms with E-state index >= 15 is 0 Å². The molecular weight excluding hydrogens is 180 g/mol. The number of carbonyl (C=O) groups excluding carboxylic acids is 1. The van der Waals surface area contributed by atoms with E-state index in [1.165, 1.54) is 6.42 Å². The molecule has 0 amide bonds. The van der Waals surface area contributed by atoms with Gasteiger partial charge in [-0.1, -0.05) is 0 Å². The van der Waals surface area contributed by atoms with Gasteiger partial charge in [-0.25, -0.2) is 0 Å². The van der Waals surface area contributed by atoms with Crippen molar-refractivity contribution in [3.8, 4) is 0 Å². The average Bonchev–Trinajstić information content (AvgIpc) is 2.22. The van der Waals surface area contributed by atoms with Crippen molar-refractivity contribution < 1.29 is 14.3 Å². The van der Waals surface area contributed by atoms with Crippen molar-refractivity contribution >= 4 is 5.78 Å². The number of hydrogen-bond donors (Lipinski definition) is 0. The molecule has 2 rings (SSSR count). The van der Waals surface area contributed by atoms with Crippen LogP contribution in [-0.4, -0.2) is 25.8 Å². The number of ether oxygens (including phenoxy) is 2. The zero-order valence-electron chi connectivity index (χ0n) is 8.70. The average molecular weight is 198 g/mol. The van der Waals surface area contributed by atoms with Crippen LogP contribution in [0.4, 0.5) is 0 Å². The summed E-state index contributed by atoms with van der Waals surface area (Å²) in [6.45, 7) is 0.319.